The molecule has 0 fully saturated rings. The van der Waals surface area contributed by atoms with Crippen molar-refractivity contribution in [2.24, 2.45) is 0 Å². The normalized spacial score (nSPS) is 16.8. The van der Waals surface area contributed by atoms with Crippen LogP contribution in [0.2, 0.25) is 0 Å². The van der Waals surface area contributed by atoms with E-state index in [4.69, 9.17) is 4.52 Å². The van der Waals surface area contributed by atoms with Gasteiger partial charge in [0.2, 0.25) is 0 Å². The molecule has 4 rings (SSSR count). The molecule has 25 heavy (non-hydrogen) atoms. The van der Waals surface area contributed by atoms with Gasteiger partial charge in [-0.1, -0.05) is 41.9 Å². The summed E-state index contributed by atoms with van der Waals surface area (Å²) in [4.78, 5) is 4.56. The third kappa shape index (κ3) is 3.49. The van der Waals surface area contributed by atoms with E-state index in [1.165, 1.54) is 5.56 Å². The van der Waals surface area contributed by atoms with Gasteiger partial charge in [-0.05, 0) is 13.3 Å². The van der Waals surface area contributed by atoms with Crippen molar-refractivity contribution in [3.63, 3.8) is 0 Å². The maximum absolute atomic E-state index is 5.48. The monoisotopic (exact) mass is 337 g/mol. The number of aryl methyl sites for hydroxylation is 3. The van der Waals surface area contributed by atoms with Gasteiger partial charge in [-0.15, -0.1) is 0 Å². The smallest absolute Gasteiger partial charge is 0.151 e. The standard InChI is InChI=1S/C19H23N5O/c1-3-18-21-19-9-8-15(12-24(19)22-18)20-11-16-10-17(23-25-16)14-6-4-13(2)5-7-14/h4-7,10,15,20H,3,8-9,11-12H2,1-2H3. The van der Waals surface area contributed by atoms with Gasteiger partial charge in [0, 0.05) is 30.5 Å². The van der Waals surface area contributed by atoms with Crippen molar-refractivity contribution in [2.75, 3.05) is 0 Å². The number of hydrogen-bond acceptors (Lipinski definition) is 5. The molecule has 1 aromatic carbocycles. The van der Waals surface area contributed by atoms with Crippen LogP contribution in [0.3, 0.4) is 0 Å². The summed E-state index contributed by atoms with van der Waals surface area (Å²) in [5.41, 5.74) is 3.20. The van der Waals surface area contributed by atoms with Crippen LogP contribution in [0, 0.1) is 6.92 Å². The van der Waals surface area contributed by atoms with Gasteiger partial charge in [-0.3, -0.25) is 0 Å². The van der Waals surface area contributed by atoms with Crippen LogP contribution in [0.25, 0.3) is 11.3 Å². The number of nitrogens with one attached hydrogen (secondary N) is 1. The molecule has 0 radical (unpaired) electrons. The van der Waals surface area contributed by atoms with E-state index in [0.717, 1.165) is 54.5 Å². The highest BCUT2D eigenvalue weighted by molar-refractivity contribution is 5.59. The molecule has 6 heteroatoms. The predicted octanol–water partition coefficient (Wildman–Crippen LogP) is 2.91. The highest BCUT2D eigenvalue weighted by Gasteiger charge is 2.21. The first-order valence-corrected chi connectivity index (χ1v) is 8.90. The largest absolute Gasteiger partial charge is 0.359 e. The molecular weight excluding hydrogens is 314 g/mol. The highest BCUT2D eigenvalue weighted by Crippen LogP contribution is 2.20. The Morgan fingerprint density at radius 3 is 2.92 bits per heavy atom. The molecule has 1 atom stereocenters. The lowest BCUT2D eigenvalue weighted by atomic mass is 10.1. The zero-order valence-corrected chi connectivity index (χ0v) is 14.7. The molecule has 6 nitrogen and oxygen atoms in total. The van der Waals surface area contributed by atoms with Crippen LogP contribution in [-0.4, -0.2) is 26.0 Å². The Bertz CT molecular complexity index is 849. The molecule has 0 aliphatic carbocycles. The van der Waals surface area contributed by atoms with Crippen LogP contribution in [0.1, 0.15) is 36.3 Å². The summed E-state index contributed by atoms with van der Waals surface area (Å²) < 4.78 is 7.52. The fraction of sp³-hybridized carbons (Fsp3) is 0.421. The molecule has 3 heterocycles. The van der Waals surface area contributed by atoms with Crippen LogP contribution in [0.15, 0.2) is 34.9 Å². The van der Waals surface area contributed by atoms with E-state index >= 15 is 0 Å². The summed E-state index contributed by atoms with van der Waals surface area (Å²) in [6.07, 6.45) is 2.93. The molecule has 1 N–H and O–H groups in total. The van der Waals surface area contributed by atoms with E-state index in [1.807, 2.05) is 10.7 Å². The Balaban J connectivity index is 1.37. The number of benzene rings is 1. The van der Waals surface area contributed by atoms with Crippen LogP contribution >= 0.6 is 0 Å². The lowest BCUT2D eigenvalue weighted by molar-refractivity contribution is 0.325. The van der Waals surface area contributed by atoms with E-state index in [-0.39, 0.29) is 0 Å². The van der Waals surface area contributed by atoms with Gasteiger partial charge in [0.25, 0.3) is 0 Å². The number of aromatic nitrogens is 4. The Morgan fingerprint density at radius 1 is 1.28 bits per heavy atom. The van der Waals surface area contributed by atoms with Gasteiger partial charge >= 0.3 is 0 Å². The SMILES string of the molecule is CCc1nc2n(n1)CC(NCc1cc(-c3ccc(C)cc3)no1)CC2. The molecule has 3 aromatic rings. The summed E-state index contributed by atoms with van der Waals surface area (Å²) >= 11 is 0. The number of nitrogens with zero attached hydrogens (tertiary/aromatic N) is 4. The molecule has 1 aliphatic heterocycles. The first kappa shape index (κ1) is 16.0. The first-order chi connectivity index (χ1) is 12.2. The van der Waals surface area contributed by atoms with E-state index in [2.05, 4.69) is 58.7 Å². The van der Waals surface area contributed by atoms with Crippen LogP contribution in [0.5, 0.6) is 0 Å². The molecule has 0 saturated carbocycles. The fourth-order valence-corrected chi connectivity index (χ4v) is 3.18. The minimum absolute atomic E-state index is 0.381. The molecule has 2 aromatic heterocycles. The quantitative estimate of drug-likeness (QED) is 0.775. The minimum Gasteiger partial charge on any atom is -0.359 e. The van der Waals surface area contributed by atoms with Crippen molar-refractivity contribution in [1.82, 2.24) is 25.2 Å². The Hall–Kier alpha value is -2.47. The van der Waals surface area contributed by atoms with Crippen molar-refractivity contribution in [3.8, 4) is 11.3 Å². The number of fused-ring (bicyclic) bond motifs is 1. The van der Waals surface area contributed by atoms with Crippen molar-refractivity contribution in [2.45, 2.75) is 52.2 Å². The van der Waals surface area contributed by atoms with Crippen molar-refractivity contribution < 1.29 is 4.52 Å². The predicted molar refractivity (Wildman–Crippen MR) is 95.0 cm³/mol. The lowest BCUT2D eigenvalue weighted by Crippen LogP contribution is -2.37. The third-order valence-electron chi connectivity index (χ3n) is 4.69. The lowest BCUT2D eigenvalue weighted by Gasteiger charge is -2.23. The molecule has 1 aliphatic rings. The zero-order valence-electron chi connectivity index (χ0n) is 14.7. The van der Waals surface area contributed by atoms with E-state index < -0.39 is 0 Å². The van der Waals surface area contributed by atoms with Gasteiger partial charge in [-0.25, -0.2) is 9.67 Å². The molecule has 0 saturated heterocycles. The molecule has 0 amide bonds. The second kappa shape index (κ2) is 6.80. The van der Waals surface area contributed by atoms with Gasteiger partial charge in [0.15, 0.2) is 11.6 Å². The summed E-state index contributed by atoms with van der Waals surface area (Å²) in [5.74, 6) is 2.90. The number of hydrogen-bond donors (Lipinski definition) is 1. The zero-order chi connectivity index (χ0) is 17.2. The summed E-state index contributed by atoms with van der Waals surface area (Å²) in [5, 5.41) is 12.3. The van der Waals surface area contributed by atoms with E-state index in [0.29, 0.717) is 12.6 Å². The Morgan fingerprint density at radius 2 is 2.12 bits per heavy atom. The van der Waals surface area contributed by atoms with Crippen molar-refractivity contribution in [3.05, 3.63) is 53.3 Å². The molecule has 130 valence electrons. The van der Waals surface area contributed by atoms with Gasteiger partial charge in [-0.2, -0.15) is 5.10 Å². The van der Waals surface area contributed by atoms with Crippen LogP contribution < -0.4 is 5.32 Å². The summed E-state index contributed by atoms with van der Waals surface area (Å²) in [7, 11) is 0. The molecular formula is C19H23N5O. The molecule has 1 unspecified atom stereocenters. The van der Waals surface area contributed by atoms with Crippen molar-refractivity contribution >= 4 is 0 Å². The minimum atomic E-state index is 0.381. The van der Waals surface area contributed by atoms with Crippen molar-refractivity contribution in [1.29, 1.82) is 0 Å². The summed E-state index contributed by atoms with van der Waals surface area (Å²) in [6.45, 7) is 5.71. The maximum Gasteiger partial charge on any atom is 0.151 e. The highest BCUT2D eigenvalue weighted by atomic mass is 16.5. The van der Waals surface area contributed by atoms with Gasteiger partial charge in [0.05, 0.1) is 13.1 Å². The fourth-order valence-electron chi connectivity index (χ4n) is 3.18. The Kier molecular flexibility index (Phi) is 4.36. The average Bonchev–Trinajstić information content (AvgIpc) is 3.26. The van der Waals surface area contributed by atoms with E-state index in [9.17, 15) is 0 Å². The van der Waals surface area contributed by atoms with Gasteiger partial charge < -0.3 is 9.84 Å². The van der Waals surface area contributed by atoms with Crippen LogP contribution in [-0.2, 0) is 25.9 Å². The third-order valence-corrected chi connectivity index (χ3v) is 4.69. The van der Waals surface area contributed by atoms with Crippen LogP contribution in [0.4, 0.5) is 0 Å². The molecule has 0 spiro atoms. The second-order valence-corrected chi connectivity index (χ2v) is 6.64. The topological polar surface area (TPSA) is 68.8 Å². The average molecular weight is 337 g/mol. The second-order valence-electron chi connectivity index (χ2n) is 6.64. The number of rotatable bonds is 5. The molecule has 0 bridgehead atoms. The van der Waals surface area contributed by atoms with Gasteiger partial charge in [0.1, 0.15) is 11.5 Å². The van der Waals surface area contributed by atoms with E-state index in [1.54, 1.807) is 0 Å². The Labute approximate surface area is 147 Å². The maximum atomic E-state index is 5.48. The first-order valence-electron chi connectivity index (χ1n) is 8.90. The summed E-state index contributed by atoms with van der Waals surface area (Å²) in [6, 6.07) is 10.7.